The molecule has 172 valence electrons. The maximum absolute atomic E-state index is 13.2. The van der Waals surface area contributed by atoms with Crippen LogP contribution in [0, 0.1) is 0 Å². The molecule has 7 nitrogen and oxygen atoms in total. The third-order valence-electron chi connectivity index (χ3n) is 5.05. The van der Waals surface area contributed by atoms with E-state index < -0.39 is 17.8 Å². The predicted octanol–water partition coefficient (Wildman–Crippen LogP) is 5.36. The first-order chi connectivity index (χ1) is 16.4. The molecule has 0 unspecified atom stereocenters. The molecule has 3 aromatic rings. The van der Waals surface area contributed by atoms with Gasteiger partial charge in [-0.25, -0.2) is 9.69 Å². The number of carbonyl (C=O) groups excluding carboxylic acids is 3. The van der Waals surface area contributed by atoms with Gasteiger partial charge in [0.05, 0.1) is 12.8 Å². The Kier molecular flexibility index (Phi) is 7.00. The summed E-state index contributed by atoms with van der Waals surface area (Å²) in [6.45, 7) is 0.159. The van der Waals surface area contributed by atoms with Gasteiger partial charge < -0.3 is 9.47 Å². The Hall–Kier alpha value is -3.62. The van der Waals surface area contributed by atoms with Crippen molar-refractivity contribution in [1.29, 1.82) is 0 Å². The molecule has 1 heterocycles. The summed E-state index contributed by atoms with van der Waals surface area (Å²) in [4.78, 5) is 39.1. The summed E-state index contributed by atoms with van der Waals surface area (Å²) in [5, 5.41) is 2.77. The molecular weight excluding hydrogens is 524 g/mol. The van der Waals surface area contributed by atoms with E-state index in [0.29, 0.717) is 27.8 Å². The Balaban J connectivity index is 1.69. The third kappa shape index (κ3) is 4.98. The number of carbonyl (C=O) groups is 3. The number of rotatable bonds is 6. The molecule has 0 radical (unpaired) electrons. The van der Waals surface area contributed by atoms with E-state index in [4.69, 9.17) is 21.1 Å². The van der Waals surface area contributed by atoms with Crippen molar-refractivity contribution in [3.63, 3.8) is 0 Å². The van der Waals surface area contributed by atoms with E-state index in [9.17, 15) is 14.4 Å². The Morgan fingerprint density at radius 2 is 1.76 bits per heavy atom. The average Bonchev–Trinajstić information content (AvgIpc) is 2.82. The smallest absolute Gasteiger partial charge is 0.335 e. The number of amides is 4. The van der Waals surface area contributed by atoms with Crippen LogP contribution in [0.1, 0.15) is 11.1 Å². The first-order valence-corrected chi connectivity index (χ1v) is 11.3. The SMILES string of the molecule is COc1ccc(/C=C2\C(=O)NC(=O)N(c3ccc(Br)cc3)C2=O)c(OCc2ccccc2Cl)c1. The lowest BCUT2D eigenvalue weighted by molar-refractivity contribution is -0.122. The third-order valence-corrected chi connectivity index (χ3v) is 5.95. The number of ether oxygens (including phenoxy) is 2. The van der Waals surface area contributed by atoms with Crippen molar-refractivity contribution >= 4 is 57.1 Å². The Morgan fingerprint density at radius 1 is 1.03 bits per heavy atom. The number of imide groups is 2. The lowest BCUT2D eigenvalue weighted by atomic mass is 10.1. The minimum absolute atomic E-state index is 0.159. The normalized spacial score (nSPS) is 14.9. The number of hydrogen-bond acceptors (Lipinski definition) is 5. The lowest BCUT2D eigenvalue weighted by Crippen LogP contribution is -2.54. The van der Waals surface area contributed by atoms with E-state index in [1.54, 1.807) is 48.5 Å². The van der Waals surface area contributed by atoms with E-state index in [2.05, 4.69) is 21.2 Å². The summed E-state index contributed by atoms with van der Waals surface area (Å²) in [6.07, 6.45) is 1.39. The second-order valence-electron chi connectivity index (χ2n) is 7.22. The van der Waals surface area contributed by atoms with Crippen LogP contribution in [0.25, 0.3) is 6.08 Å². The van der Waals surface area contributed by atoms with Crippen LogP contribution >= 0.6 is 27.5 Å². The molecule has 1 aliphatic rings. The number of hydrogen-bond donors (Lipinski definition) is 1. The molecule has 1 fully saturated rings. The molecule has 1 N–H and O–H groups in total. The second kappa shape index (κ2) is 10.1. The minimum atomic E-state index is -0.820. The minimum Gasteiger partial charge on any atom is -0.497 e. The molecule has 3 aromatic carbocycles. The largest absolute Gasteiger partial charge is 0.497 e. The van der Waals surface area contributed by atoms with Gasteiger partial charge in [0, 0.05) is 26.7 Å². The van der Waals surface area contributed by atoms with Crippen LogP contribution in [0.3, 0.4) is 0 Å². The molecule has 9 heteroatoms. The molecule has 1 aliphatic heterocycles. The monoisotopic (exact) mass is 540 g/mol. The molecule has 34 heavy (non-hydrogen) atoms. The van der Waals surface area contributed by atoms with Gasteiger partial charge in [-0.15, -0.1) is 0 Å². The highest BCUT2D eigenvalue weighted by Crippen LogP contribution is 2.30. The highest BCUT2D eigenvalue weighted by atomic mass is 79.9. The van der Waals surface area contributed by atoms with Gasteiger partial charge in [-0.2, -0.15) is 0 Å². The lowest BCUT2D eigenvalue weighted by Gasteiger charge is -2.26. The molecule has 0 atom stereocenters. The van der Waals surface area contributed by atoms with Gasteiger partial charge in [-0.3, -0.25) is 14.9 Å². The summed E-state index contributed by atoms with van der Waals surface area (Å²) >= 11 is 9.54. The number of barbiturate groups is 1. The molecule has 0 aromatic heterocycles. The molecule has 1 saturated heterocycles. The van der Waals surface area contributed by atoms with E-state index in [1.807, 2.05) is 18.2 Å². The first kappa shape index (κ1) is 23.5. The molecule has 0 bridgehead atoms. The number of nitrogens with zero attached hydrogens (tertiary/aromatic N) is 1. The summed E-state index contributed by atoms with van der Waals surface area (Å²) in [6, 6.07) is 18.0. The van der Waals surface area contributed by atoms with Crippen molar-refractivity contribution in [3.05, 3.63) is 92.9 Å². The van der Waals surface area contributed by atoms with Crippen LogP contribution in [0.5, 0.6) is 11.5 Å². The van der Waals surface area contributed by atoms with Gasteiger partial charge in [-0.05, 0) is 48.5 Å². The fourth-order valence-corrected chi connectivity index (χ4v) is 3.75. The van der Waals surface area contributed by atoms with E-state index in [0.717, 1.165) is 14.9 Å². The zero-order valence-electron chi connectivity index (χ0n) is 17.9. The van der Waals surface area contributed by atoms with E-state index in [-0.39, 0.29) is 12.2 Å². The highest BCUT2D eigenvalue weighted by molar-refractivity contribution is 9.10. The Morgan fingerprint density at radius 3 is 2.47 bits per heavy atom. The topological polar surface area (TPSA) is 84.9 Å². The molecule has 0 saturated carbocycles. The summed E-state index contributed by atoms with van der Waals surface area (Å²) in [5.41, 5.74) is 1.34. The molecule has 0 aliphatic carbocycles. The Bertz CT molecular complexity index is 1310. The first-order valence-electron chi connectivity index (χ1n) is 10.1. The highest BCUT2D eigenvalue weighted by Gasteiger charge is 2.37. The van der Waals surface area contributed by atoms with Crippen molar-refractivity contribution in [2.75, 3.05) is 12.0 Å². The Labute approximate surface area is 209 Å². The number of anilines is 1. The van der Waals surface area contributed by atoms with Gasteiger partial charge in [0.25, 0.3) is 11.8 Å². The fourth-order valence-electron chi connectivity index (χ4n) is 3.29. The van der Waals surface area contributed by atoms with Gasteiger partial charge in [0.15, 0.2) is 0 Å². The number of halogens is 2. The molecular formula is C25H18BrClN2O5. The number of methoxy groups -OCH3 is 1. The fraction of sp³-hybridized carbons (Fsp3) is 0.0800. The van der Waals surface area contributed by atoms with Crippen LogP contribution in [-0.4, -0.2) is 25.0 Å². The number of nitrogens with one attached hydrogen (secondary N) is 1. The van der Waals surface area contributed by atoms with Gasteiger partial charge in [-0.1, -0.05) is 45.7 Å². The van der Waals surface area contributed by atoms with E-state index >= 15 is 0 Å². The maximum Gasteiger partial charge on any atom is 0.335 e. The molecule has 4 rings (SSSR count). The number of benzene rings is 3. The van der Waals surface area contributed by atoms with Crippen molar-refractivity contribution in [2.24, 2.45) is 0 Å². The summed E-state index contributed by atoms with van der Waals surface area (Å²) in [5.74, 6) is -0.637. The van der Waals surface area contributed by atoms with Crippen LogP contribution < -0.4 is 19.7 Å². The van der Waals surface area contributed by atoms with Crippen molar-refractivity contribution in [3.8, 4) is 11.5 Å². The van der Waals surface area contributed by atoms with Gasteiger partial charge >= 0.3 is 6.03 Å². The average molecular weight is 542 g/mol. The molecule has 4 amide bonds. The summed E-state index contributed by atoms with van der Waals surface area (Å²) < 4.78 is 12.0. The van der Waals surface area contributed by atoms with Crippen molar-refractivity contribution in [1.82, 2.24) is 5.32 Å². The van der Waals surface area contributed by atoms with Crippen LogP contribution in [0.2, 0.25) is 5.02 Å². The molecule has 0 spiro atoms. The number of urea groups is 1. The van der Waals surface area contributed by atoms with Gasteiger partial charge in [0.2, 0.25) is 0 Å². The van der Waals surface area contributed by atoms with Crippen LogP contribution in [0.4, 0.5) is 10.5 Å². The summed E-state index contributed by atoms with van der Waals surface area (Å²) in [7, 11) is 1.52. The maximum atomic E-state index is 13.2. The predicted molar refractivity (Wildman–Crippen MR) is 132 cm³/mol. The van der Waals surface area contributed by atoms with Crippen molar-refractivity contribution in [2.45, 2.75) is 6.61 Å². The van der Waals surface area contributed by atoms with E-state index in [1.165, 1.54) is 13.2 Å². The zero-order chi connectivity index (χ0) is 24.2. The second-order valence-corrected chi connectivity index (χ2v) is 8.54. The van der Waals surface area contributed by atoms with Crippen molar-refractivity contribution < 1.29 is 23.9 Å². The van der Waals surface area contributed by atoms with Gasteiger partial charge in [0.1, 0.15) is 23.7 Å². The van der Waals surface area contributed by atoms with Crippen LogP contribution in [0.15, 0.2) is 76.8 Å². The quantitative estimate of drug-likeness (QED) is 0.336. The standard InChI is InChI=1S/C25H18BrClN2O5/c1-33-19-11-6-15(22(13-19)34-14-16-4-2-3-5-21(16)27)12-20-23(30)28-25(32)29(24(20)31)18-9-7-17(26)8-10-18/h2-13H,14H2,1H3,(H,28,30,32)/b20-12+. The zero-order valence-corrected chi connectivity index (χ0v) is 20.2. The van der Waals surface area contributed by atoms with Crippen LogP contribution in [-0.2, 0) is 16.2 Å².